The predicted molar refractivity (Wildman–Crippen MR) is 92.9 cm³/mol. The van der Waals surface area contributed by atoms with E-state index in [2.05, 4.69) is 20.5 Å². The van der Waals surface area contributed by atoms with Crippen molar-refractivity contribution in [3.8, 4) is 23.0 Å². The largest absolute Gasteiger partial charge is 0.497 e. The van der Waals surface area contributed by atoms with Crippen LogP contribution in [0.5, 0.6) is 5.75 Å². The Morgan fingerprint density at radius 2 is 1.96 bits per heavy atom. The summed E-state index contributed by atoms with van der Waals surface area (Å²) >= 11 is 0. The molecule has 25 heavy (non-hydrogen) atoms. The molecule has 1 aromatic carbocycles. The summed E-state index contributed by atoms with van der Waals surface area (Å²) < 4.78 is 12.3. The zero-order valence-corrected chi connectivity index (χ0v) is 14.8. The summed E-state index contributed by atoms with van der Waals surface area (Å²) in [5, 5.41) is 12.4. The van der Waals surface area contributed by atoms with E-state index in [0.717, 1.165) is 36.4 Å². The maximum Gasteiger partial charge on any atom is 0.280 e. The monoisotopic (exact) mass is 362 g/mol. The van der Waals surface area contributed by atoms with Crippen LogP contribution in [-0.4, -0.2) is 32.2 Å². The van der Waals surface area contributed by atoms with Crippen molar-refractivity contribution in [2.45, 2.75) is 31.7 Å². The molecular formula is C16H19ClN6O2. The summed E-state index contributed by atoms with van der Waals surface area (Å²) in [6, 6.07) is 7.56. The van der Waals surface area contributed by atoms with Gasteiger partial charge >= 0.3 is 0 Å². The number of ether oxygens (including phenoxy) is 1. The average Bonchev–Trinajstić information content (AvgIpc) is 3.19. The van der Waals surface area contributed by atoms with Gasteiger partial charge in [0.2, 0.25) is 0 Å². The molecule has 1 saturated carbocycles. The highest BCUT2D eigenvalue weighted by Crippen LogP contribution is 2.37. The van der Waals surface area contributed by atoms with Gasteiger partial charge in [0.25, 0.3) is 5.89 Å². The Kier molecular flexibility index (Phi) is 4.49. The third-order valence-electron chi connectivity index (χ3n) is 4.53. The van der Waals surface area contributed by atoms with Gasteiger partial charge in [0.05, 0.1) is 24.0 Å². The summed E-state index contributed by atoms with van der Waals surface area (Å²) in [6.45, 7) is 1.91. The summed E-state index contributed by atoms with van der Waals surface area (Å²) in [5.41, 5.74) is 8.04. The highest BCUT2D eigenvalue weighted by Gasteiger charge is 2.39. The van der Waals surface area contributed by atoms with Crippen LogP contribution in [0.2, 0.25) is 0 Å². The van der Waals surface area contributed by atoms with Gasteiger partial charge in [-0.05, 0) is 50.5 Å². The van der Waals surface area contributed by atoms with Crippen molar-refractivity contribution in [2.24, 2.45) is 5.73 Å². The summed E-state index contributed by atoms with van der Waals surface area (Å²) in [6.07, 6.45) is 2.85. The molecule has 1 fully saturated rings. The number of halogens is 1. The molecule has 2 N–H and O–H groups in total. The third kappa shape index (κ3) is 2.87. The van der Waals surface area contributed by atoms with Crippen molar-refractivity contribution < 1.29 is 9.26 Å². The van der Waals surface area contributed by atoms with Crippen LogP contribution in [-0.2, 0) is 5.54 Å². The molecule has 3 aromatic rings. The van der Waals surface area contributed by atoms with Gasteiger partial charge in [-0.25, -0.2) is 4.68 Å². The van der Waals surface area contributed by atoms with Gasteiger partial charge in [0, 0.05) is 0 Å². The molecular weight excluding hydrogens is 344 g/mol. The number of aromatic nitrogens is 5. The van der Waals surface area contributed by atoms with Gasteiger partial charge in [0.15, 0.2) is 11.5 Å². The van der Waals surface area contributed by atoms with Crippen LogP contribution in [0.25, 0.3) is 17.3 Å². The zero-order valence-electron chi connectivity index (χ0n) is 14.0. The second-order valence-corrected chi connectivity index (χ2v) is 6.07. The smallest absolute Gasteiger partial charge is 0.280 e. The molecule has 0 amide bonds. The lowest BCUT2D eigenvalue weighted by Crippen LogP contribution is -2.44. The Bertz CT molecular complexity index is 869. The molecule has 1 aliphatic rings. The van der Waals surface area contributed by atoms with Crippen molar-refractivity contribution in [2.75, 3.05) is 7.11 Å². The second kappa shape index (κ2) is 6.45. The minimum absolute atomic E-state index is 0. The lowest BCUT2D eigenvalue weighted by molar-refractivity contribution is 0.229. The van der Waals surface area contributed by atoms with Crippen LogP contribution in [0.4, 0.5) is 0 Å². The second-order valence-electron chi connectivity index (χ2n) is 6.07. The molecule has 0 unspecified atom stereocenters. The average molecular weight is 363 g/mol. The molecule has 0 radical (unpaired) electrons. The molecule has 132 valence electrons. The predicted octanol–water partition coefficient (Wildman–Crippen LogP) is 2.39. The van der Waals surface area contributed by atoms with E-state index in [4.69, 9.17) is 15.0 Å². The van der Waals surface area contributed by atoms with E-state index in [1.165, 1.54) is 0 Å². The lowest BCUT2D eigenvalue weighted by Gasteiger charge is -2.34. The van der Waals surface area contributed by atoms with E-state index in [-0.39, 0.29) is 12.4 Å². The number of benzene rings is 1. The minimum Gasteiger partial charge on any atom is -0.497 e. The molecule has 0 atom stereocenters. The first-order chi connectivity index (χ1) is 11.6. The van der Waals surface area contributed by atoms with Crippen molar-refractivity contribution in [1.29, 1.82) is 0 Å². The number of methoxy groups -OCH3 is 1. The summed E-state index contributed by atoms with van der Waals surface area (Å²) in [4.78, 5) is 4.43. The van der Waals surface area contributed by atoms with E-state index < -0.39 is 5.54 Å². The lowest BCUT2D eigenvalue weighted by atomic mass is 9.77. The highest BCUT2D eigenvalue weighted by molar-refractivity contribution is 5.85. The van der Waals surface area contributed by atoms with Gasteiger partial charge < -0.3 is 15.0 Å². The fourth-order valence-electron chi connectivity index (χ4n) is 2.80. The fourth-order valence-corrected chi connectivity index (χ4v) is 2.80. The standard InChI is InChI=1S/C16H18N6O2.ClH/c1-10-13(14-18-15(20-24-14)16(17)8-3-9-16)19-21-22(10)11-4-6-12(23-2)7-5-11;/h4-7H,3,8-9,17H2,1-2H3;1H. The molecule has 4 rings (SSSR count). The Labute approximate surface area is 150 Å². The number of hydrogen-bond acceptors (Lipinski definition) is 7. The summed E-state index contributed by atoms with van der Waals surface area (Å²) in [7, 11) is 1.63. The molecule has 2 aromatic heterocycles. The van der Waals surface area contributed by atoms with Crippen molar-refractivity contribution >= 4 is 12.4 Å². The molecule has 0 spiro atoms. The number of nitrogens with zero attached hydrogens (tertiary/aromatic N) is 5. The quantitative estimate of drug-likeness (QED) is 0.759. The van der Waals surface area contributed by atoms with Gasteiger partial charge in [-0.1, -0.05) is 10.4 Å². The molecule has 2 heterocycles. The summed E-state index contributed by atoms with van der Waals surface area (Å²) in [5.74, 6) is 1.67. The van der Waals surface area contributed by atoms with E-state index in [1.54, 1.807) is 11.8 Å². The number of hydrogen-bond donors (Lipinski definition) is 1. The maximum absolute atomic E-state index is 6.24. The Morgan fingerprint density at radius 3 is 2.56 bits per heavy atom. The first-order valence-electron chi connectivity index (χ1n) is 7.81. The molecule has 0 bridgehead atoms. The topological polar surface area (TPSA) is 105 Å². The van der Waals surface area contributed by atoms with Gasteiger partial charge in [0.1, 0.15) is 5.75 Å². The SMILES string of the molecule is COc1ccc(-n2nnc(-c3nc(C4(N)CCC4)no3)c2C)cc1.Cl. The van der Waals surface area contributed by atoms with Crippen LogP contribution in [0.3, 0.4) is 0 Å². The van der Waals surface area contributed by atoms with E-state index in [1.807, 2.05) is 31.2 Å². The molecule has 1 aliphatic carbocycles. The van der Waals surface area contributed by atoms with Gasteiger partial charge in [-0.2, -0.15) is 4.98 Å². The normalized spacial score (nSPS) is 15.3. The molecule has 0 aliphatic heterocycles. The zero-order chi connectivity index (χ0) is 16.7. The number of rotatable bonds is 4. The fraction of sp³-hybridized carbons (Fsp3) is 0.375. The molecule has 0 saturated heterocycles. The van der Waals surface area contributed by atoms with Crippen LogP contribution in [0, 0.1) is 6.92 Å². The first kappa shape index (κ1) is 17.4. The van der Waals surface area contributed by atoms with Crippen molar-refractivity contribution in [3.05, 3.63) is 35.8 Å². The van der Waals surface area contributed by atoms with E-state index in [9.17, 15) is 0 Å². The Balaban J connectivity index is 0.00000182. The van der Waals surface area contributed by atoms with Gasteiger partial charge in [-0.3, -0.25) is 0 Å². The number of nitrogens with two attached hydrogens (primary N) is 1. The first-order valence-corrected chi connectivity index (χ1v) is 7.81. The molecule has 8 nitrogen and oxygen atoms in total. The van der Waals surface area contributed by atoms with E-state index in [0.29, 0.717) is 17.4 Å². The Morgan fingerprint density at radius 1 is 1.24 bits per heavy atom. The van der Waals surface area contributed by atoms with Crippen molar-refractivity contribution in [1.82, 2.24) is 25.1 Å². The minimum atomic E-state index is -0.457. The van der Waals surface area contributed by atoms with E-state index >= 15 is 0 Å². The van der Waals surface area contributed by atoms with Crippen LogP contribution in [0.1, 0.15) is 30.8 Å². The Hall–Kier alpha value is -2.45. The third-order valence-corrected chi connectivity index (χ3v) is 4.53. The molecule has 9 heteroatoms. The van der Waals surface area contributed by atoms with Crippen LogP contribution >= 0.6 is 12.4 Å². The van der Waals surface area contributed by atoms with Crippen molar-refractivity contribution in [3.63, 3.8) is 0 Å². The van der Waals surface area contributed by atoms with Crippen LogP contribution in [0.15, 0.2) is 28.8 Å². The maximum atomic E-state index is 6.24. The van der Waals surface area contributed by atoms with Gasteiger partial charge in [-0.15, -0.1) is 17.5 Å². The van der Waals surface area contributed by atoms with Crippen LogP contribution < -0.4 is 10.5 Å². The highest BCUT2D eigenvalue weighted by atomic mass is 35.5.